The Kier molecular flexibility index (Phi) is 4.25. The molecule has 1 aliphatic rings. The van der Waals surface area contributed by atoms with E-state index in [2.05, 4.69) is 10.0 Å². The van der Waals surface area contributed by atoms with Crippen molar-refractivity contribution in [2.24, 2.45) is 5.11 Å². The third kappa shape index (κ3) is 2.95. The van der Waals surface area contributed by atoms with Crippen LogP contribution in [0.1, 0.15) is 5.56 Å². The Bertz CT molecular complexity index is 1190. The molecular weight excluding hydrogens is 369 g/mol. The lowest BCUT2D eigenvalue weighted by Crippen LogP contribution is -2.25. The third-order valence-corrected chi connectivity index (χ3v) is 4.44. The maximum absolute atomic E-state index is 14.9. The predicted molar refractivity (Wildman–Crippen MR) is 98.1 cm³/mol. The third-order valence-electron chi connectivity index (χ3n) is 4.44. The SMILES string of the molecule is Cc1ccc2oc(=O)n(-c3ccc(N4C[C@@H](CN=[N+]=[N-])OC4=O)cc3F)c2c1. The first-order chi connectivity index (χ1) is 13.5. The van der Waals surface area contributed by atoms with Crippen LogP contribution in [0.5, 0.6) is 0 Å². The Balaban J connectivity index is 1.71. The van der Waals surface area contributed by atoms with Gasteiger partial charge in [-0.25, -0.2) is 18.5 Å². The number of anilines is 1. The number of nitrogens with zero attached hydrogens (tertiary/aromatic N) is 5. The molecule has 2 aromatic carbocycles. The number of hydrogen-bond donors (Lipinski definition) is 0. The smallest absolute Gasteiger partial charge is 0.424 e. The quantitative estimate of drug-likeness (QED) is 0.388. The van der Waals surface area contributed by atoms with Gasteiger partial charge in [0.15, 0.2) is 5.58 Å². The summed E-state index contributed by atoms with van der Waals surface area (Å²) in [4.78, 5) is 28.1. The molecule has 0 bridgehead atoms. The number of hydrogen-bond acceptors (Lipinski definition) is 5. The molecule has 1 aliphatic heterocycles. The molecule has 1 atom stereocenters. The van der Waals surface area contributed by atoms with Crippen molar-refractivity contribution in [1.29, 1.82) is 0 Å². The molecule has 10 heteroatoms. The first-order valence-corrected chi connectivity index (χ1v) is 8.39. The fourth-order valence-corrected chi connectivity index (χ4v) is 3.15. The van der Waals surface area contributed by atoms with E-state index in [1.54, 1.807) is 18.2 Å². The molecule has 4 rings (SSSR count). The van der Waals surface area contributed by atoms with E-state index in [4.69, 9.17) is 14.7 Å². The van der Waals surface area contributed by atoms with E-state index >= 15 is 0 Å². The van der Waals surface area contributed by atoms with E-state index in [1.165, 1.54) is 17.0 Å². The number of carbonyl (C=O) groups excluding carboxylic acids is 1. The van der Waals surface area contributed by atoms with Crippen LogP contribution in [0.25, 0.3) is 27.2 Å². The van der Waals surface area contributed by atoms with E-state index in [0.29, 0.717) is 11.1 Å². The highest BCUT2D eigenvalue weighted by molar-refractivity contribution is 5.90. The second kappa shape index (κ2) is 6.75. The van der Waals surface area contributed by atoms with Gasteiger partial charge in [-0.15, -0.1) is 0 Å². The van der Waals surface area contributed by atoms with Crippen molar-refractivity contribution in [3.8, 4) is 5.69 Å². The molecular formula is C18H14FN5O4. The number of cyclic esters (lactones) is 1. The number of azide groups is 1. The molecule has 1 aromatic heterocycles. The number of benzene rings is 2. The highest BCUT2D eigenvalue weighted by Gasteiger charge is 2.32. The van der Waals surface area contributed by atoms with Gasteiger partial charge in [0.2, 0.25) is 0 Å². The summed E-state index contributed by atoms with van der Waals surface area (Å²) in [6.07, 6.45) is -1.26. The molecule has 0 spiro atoms. The van der Waals surface area contributed by atoms with Crippen LogP contribution in [0, 0.1) is 12.7 Å². The lowest BCUT2D eigenvalue weighted by atomic mass is 10.2. The van der Waals surface area contributed by atoms with E-state index in [1.807, 2.05) is 6.92 Å². The van der Waals surface area contributed by atoms with Gasteiger partial charge in [-0.2, -0.15) is 0 Å². The molecule has 0 radical (unpaired) electrons. The van der Waals surface area contributed by atoms with Crippen molar-refractivity contribution in [3.63, 3.8) is 0 Å². The molecule has 1 saturated heterocycles. The van der Waals surface area contributed by atoms with Gasteiger partial charge in [0.05, 0.1) is 30.0 Å². The van der Waals surface area contributed by atoms with Crippen molar-refractivity contribution in [3.05, 3.63) is 68.8 Å². The van der Waals surface area contributed by atoms with Crippen LogP contribution >= 0.6 is 0 Å². The summed E-state index contributed by atoms with van der Waals surface area (Å²) < 4.78 is 26.3. The number of halogens is 1. The number of rotatable bonds is 4. The number of aryl methyl sites for hydroxylation is 1. The van der Waals surface area contributed by atoms with Crippen molar-refractivity contribution in [2.45, 2.75) is 13.0 Å². The second-order valence-corrected chi connectivity index (χ2v) is 6.34. The summed E-state index contributed by atoms with van der Waals surface area (Å²) in [5.41, 5.74) is 10.3. The van der Waals surface area contributed by atoms with Crippen molar-refractivity contribution in [1.82, 2.24) is 4.57 Å². The fourth-order valence-electron chi connectivity index (χ4n) is 3.15. The summed E-state index contributed by atoms with van der Waals surface area (Å²) in [6, 6.07) is 9.23. The van der Waals surface area contributed by atoms with Crippen LogP contribution < -0.4 is 10.7 Å². The number of oxazole rings is 1. The summed E-state index contributed by atoms with van der Waals surface area (Å²) in [6.45, 7) is 1.98. The van der Waals surface area contributed by atoms with Crippen LogP contribution in [0.2, 0.25) is 0 Å². The minimum atomic E-state index is -0.706. The Morgan fingerprint density at radius 1 is 1.29 bits per heavy atom. The number of amides is 1. The summed E-state index contributed by atoms with van der Waals surface area (Å²) in [7, 11) is 0. The molecule has 1 fully saturated rings. The van der Waals surface area contributed by atoms with Gasteiger partial charge >= 0.3 is 11.8 Å². The van der Waals surface area contributed by atoms with Gasteiger partial charge in [-0.3, -0.25) is 4.90 Å². The van der Waals surface area contributed by atoms with Crippen molar-refractivity contribution >= 4 is 22.9 Å². The Morgan fingerprint density at radius 2 is 2.11 bits per heavy atom. The van der Waals surface area contributed by atoms with Crippen LogP contribution in [0.3, 0.4) is 0 Å². The van der Waals surface area contributed by atoms with Gasteiger partial charge in [0.1, 0.15) is 11.9 Å². The molecule has 9 nitrogen and oxygen atoms in total. The maximum Gasteiger partial charge on any atom is 0.424 e. The Morgan fingerprint density at radius 3 is 2.86 bits per heavy atom. The zero-order valence-corrected chi connectivity index (χ0v) is 14.7. The maximum atomic E-state index is 14.9. The minimum absolute atomic E-state index is 0.00490. The van der Waals surface area contributed by atoms with E-state index < -0.39 is 23.8 Å². The Labute approximate surface area is 157 Å². The zero-order chi connectivity index (χ0) is 19.8. The van der Waals surface area contributed by atoms with E-state index in [0.717, 1.165) is 16.2 Å². The molecule has 1 amide bonds. The normalized spacial score (nSPS) is 16.3. The minimum Gasteiger partial charge on any atom is -0.444 e. The van der Waals surface area contributed by atoms with Gasteiger partial charge in [0.25, 0.3) is 0 Å². The highest BCUT2D eigenvalue weighted by Crippen LogP contribution is 2.27. The van der Waals surface area contributed by atoms with Crippen molar-refractivity contribution in [2.75, 3.05) is 18.0 Å². The van der Waals surface area contributed by atoms with Crippen LogP contribution in [0.4, 0.5) is 14.9 Å². The number of carbonyl (C=O) groups is 1. The first kappa shape index (κ1) is 17.6. The van der Waals surface area contributed by atoms with E-state index in [9.17, 15) is 14.0 Å². The molecule has 0 aliphatic carbocycles. The predicted octanol–water partition coefficient (Wildman–Crippen LogP) is 3.67. The van der Waals surface area contributed by atoms with Crippen molar-refractivity contribution < 1.29 is 18.3 Å². The van der Waals surface area contributed by atoms with Gasteiger partial charge in [-0.1, -0.05) is 11.2 Å². The van der Waals surface area contributed by atoms with E-state index in [-0.39, 0.29) is 24.5 Å². The zero-order valence-electron chi connectivity index (χ0n) is 14.7. The lowest BCUT2D eigenvalue weighted by molar-refractivity contribution is 0.145. The topological polar surface area (TPSA) is 113 Å². The fraction of sp³-hybridized carbons (Fsp3) is 0.222. The monoisotopic (exact) mass is 383 g/mol. The number of aromatic nitrogens is 1. The molecule has 28 heavy (non-hydrogen) atoms. The largest absolute Gasteiger partial charge is 0.444 e. The summed E-state index contributed by atoms with van der Waals surface area (Å²) in [5.74, 6) is -1.41. The summed E-state index contributed by atoms with van der Waals surface area (Å²) in [5, 5.41) is 3.38. The van der Waals surface area contributed by atoms with Gasteiger partial charge in [0, 0.05) is 4.91 Å². The molecule has 3 aromatic rings. The second-order valence-electron chi connectivity index (χ2n) is 6.34. The standard InChI is InChI=1S/C18H14FN5O4/c1-10-2-5-16-15(6-10)24(18(26)28-16)14-4-3-11(7-13(14)19)23-9-12(8-21-22-20)27-17(23)25/h2-7,12H,8-9H2,1H3/t12-/m1/s1. The van der Waals surface area contributed by atoms with Crippen LogP contribution in [-0.2, 0) is 4.74 Å². The molecule has 0 N–H and O–H groups in total. The average molecular weight is 383 g/mol. The molecule has 2 heterocycles. The average Bonchev–Trinajstić information content (AvgIpc) is 3.19. The number of fused-ring (bicyclic) bond motifs is 1. The Hall–Kier alpha value is -3.78. The lowest BCUT2D eigenvalue weighted by Gasteiger charge is -2.14. The van der Waals surface area contributed by atoms with Gasteiger partial charge < -0.3 is 9.15 Å². The van der Waals surface area contributed by atoms with Crippen LogP contribution in [0.15, 0.2) is 50.7 Å². The number of ether oxygens (including phenoxy) is 1. The summed E-state index contributed by atoms with van der Waals surface area (Å²) >= 11 is 0. The van der Waals surface area contributed by atoms with Gasteiger partial charge in [-0.05, 0) is 48.4 Å². The van der Waals surface area contributed by atoms with Crippen LogP contribution in [-0.4, -0.2) is 29.9 Å². The molecule has 0 saturated carbocycles. The molecule has 0 unspecified atom stereocenters. The molecule has 142 valence electrons. The highest BCUT2D eigenvalue weighted by atomic mass is 19.1. The first-order valence-electron chi connectivity index (χ1n) is 8.39.